The molecule has 3 heterocycles. The molecule has 63 heavy (non-hydrogen) atoms. The van der Waals surface area contributed by atoms with Crippen molar-refractivity contribution in [2.45, 2.75) is 130 Å². The summed E-state index contributed by atoms with van der Waals surface area (Å²) in [4.78, 5) is 4.20. The Hall–Kier alpha value is -5.25. The number of thioether (sulfide) groups is 1. The fourth-order valence-corrected chi connectivity index (χ4v) is 15.8. The molecule has 0 radical (unpaired) electrons. The highest BCUT2D eigenvalue weighted by Crippen LogP contribution is 2.74. The van der Waals surface area contributed by atoms with E-state index >= 15 is 0 Å². The van der Waals surface area contributed by atoms with Crippen LogP contribution in [-0.4, -0.2) is 10.3 Å². The van der Waals surface area contributed by atoms with Crippen LogP contribution in [0.5, 0.6) is 5.75 Å². The Morgan fingerprint density at radius 1 is 0.587 bits per heavy atom. The van der Waals surface area contributed by atoms with Gasteiger partial charge >= 0.3 is 0 Å². The van der Waals surface area contributed by atoms with Crippen molar-refractivity contribution in [2.75, 3.05) is 4.90 Å². The van der Waals surface area contributed by atoms with Crippen molar-refractivity contribution in [3.8, 4) is 16.9 Å². The lowest BCUT2D eigenvalue weighted by Crippen LogP contribution is -2.61. The van der Waals surface area contributed by atoms with Crippen LogP contribution < -0.4 is 9.64 Å². The molecule has 2 nitrogen and oxygen atoms in total. The van der Waals surface area contributed by atoms with Gasteiger partial charge in [-0.3, -0.25) is 0 Å². The minimum absolute atomic E-state index is 0.322. The molecule has 314 valence electrons. The van der Waals surface area contributed by atoms with Crippen LogP contribution in [0.2, 0.25) is 0 Å². The molecule has 3 aliphatic heterocycles. The molecule has 4 unspecified atom stereocenters. The lowest BCUT2D eigenvalue weighted by molar-refractivity contribution is 0.348. The Bertz CT molecular complexity index is 3000. The van der Waals surface area contributed by atoms with Gasteiger partial charge in [-0.15, -0.1) is 11.8 Å². The van der Waals surface area contributed by atoms with Crippen molar-refractivity contribution in [3.63, 3.8) is 0 Å². The van der Waals surface area contributed by atoms with Crippen LogP contribution in [-0.2, 0) is 10.8 Å². The van der Waals surface area contributed by atoms with Crippen LogP contribution in [0, 0.1) is 0 Å². The number of anilines is 2. The van der Waals surface area contributed by atoms with Crippen LogP contribution >= 0.6 is 11.8 Å². The number of hydrogen-bond acceptors (Lipinski definition) is 3. The molecule has 13 rings (SSSR count). The van der Waals surface area contributed by atoms with E-state index in [-0.39, 0.29) is 4.75 Å². The van der Waals surface area contributed by atoms with E-state index in [1.54, 1.807) is 0 Å². The van der Waals surface area contributed by atoms with Gasteiger partial charge in [0.1, 0.15) is 11.5 Å². The summed E-state index contributed by atoms with van der Waals surface area (Å²) < 4.78 is 7.32. The molecule has 6 aromatic rings. The first-order valence-corrected chi connectivity index (χ1v) is 24.9. The molecular weight excluding hydrogens is 783 g/mol. The van der Waals surface area contributed by atoms with Gasteiger partial charge in [0.05, 0.1) is 15.7 Å². The lowest BCUT2D eigenvalue weighted by atomic mass is 9.50. The zero-order valence-electron chi connectivity index (χ0n) is 37.3. The fraction of sp³-hybridized carbons (Fsp3) is 0.333. The van der Waals surface area contributed by atoms with E-state index in [2.05, 4.69) is 184 Å². The standard InChI is InChI=1S/C60H57NOS/c1-57-36-48-45-27-16-17-30-51(45)63-60(48,4)56-55(57)58(2,37-52-59(56,3)47-29-18-28-44(54(47)62-52)39-21-10-6-11-22-39)61(50-34-31-41-25-14-15-26-43(41)53(50)57)49-33-32-42(38-19-8-5-9-20-38)35-46(49)40-23-12-7-13-24-40/h5,8-9,14-20,25-37,39-40H,6-7,10-13,21-24H2,1-4H3. The van der Waals surface area contributed by atoms with Gasteiger partial charge in [0.15, 0.2) is 0 Å². The predicted molar refractivity (Wildman–Crippen MR) is 264 cm³/mol. The number of benzene rings is 6. The summed E-state index contributed by atoms with van der Waals surface area (Å²) in [5.41, 5.74) is 15.4. The van der Waals surface area contributed by atoms with Gasteiger partial charge in [-0.1, -0.05) is 148 Å². The topological polar surface area (TPSA) is 12.5 Å². The smallest absolute Gasteiger partial charge is 0.134 e. The molecular formula is C60H57NOS. The third kappa shape index (κ3) is 5.15. The summed E-state index contributed by atoms with van der Waals surface area (Å²) in [5.74, 6) is 3.28. The molecule has 0 N–H and O–H groups in total. The molecule has 2 saturated carbocycles. The van der Waals surface area contributed by atoms with Crippen LogP contribution in [0.25, 0.3) is 27.5 Å². The number of para-hydroxylation sites is 1. The van der Waals surface area contributed by atoms with Crippen molar-refractivity contribution in [3.05, 3.63) is 184 Å². The maximum atomic E-state index is 7.64. The third-order valence-electron chi connectivity index (χ3n) is 17.0. The van der Waals surface area contributed by atoms with Crippen LogP contribution in [0.15, 0.2) is 161 Å². The lowest BCUT2D eigenvalue weighted by Gasteiger charge is -2.62. The first-order chi connectivity index (χ1) is 30.7. The van der Waals surface area contributed by atoms with E-state index in [9.17, 15) is 0 Å². The van der Waals surface area contributed by atoms with Gasteiger partial charge in [-0.05, 0) is 156 Å². The Labute approximate surface area is 378 Å². The molecule has 4 aliphatic carbocycles. The van der Waals surface area contributed by atoms with E-state index < -0.39 is 16.4 Å². The van der Waals surface area contributed by atoms with Crippen LogP contribution in [0.1, 0.15) is 132 Å². The highest BCUT2D eigenvalue weighted by molar-refractivity contribution is 8.01. The number of rotatable bonds is 4. The first kappa shape index (κ1) is 38.2. The van der Waals surface area contributed by atoms with Gasteiger partial charge in [0.25, 0.3) is 0 Å². The monoisotopic (exact) mass is 839 g/mol. The van der Waals surface area contributed by atoms with Gasteiger partial charge in [0.2, 0.25) is 0 Å². The summed E-state index contributed by atoms with van der Waals surface area (Å²) in [6.07, 6.45) is 18.1. The number of hydrogen-bond donors (Lipinski definition) is 0. The van der Waals surface area contributed by atoms with E-state index in [4.69, 9.17) is 4.74 Å². The Morgan fingerprint density at radius 3 is 2.08 bits per heavy atom. The zero-order valence-corrected chi connectivity index (χ0v) is 38.1. The van der Waals surface area contributed by atoms with E-state index in [1.165, 1.54) is 147 Å². The second-order valence-corrected chi connectivity index (χ2v) is 22.0. The Kier molecular flexibility index (Phi) is 8.27. The Balaban J connectivity index is 1.16. The minimum Gasteiger partial charge on any atom is -0.460 e. The van der Waals surface area contributed by atoms with Gasteiger partial charge in [0, 0.05) is 27.2 Å². The molecule has 3 heteroatoms. The molecule has 0 aromatic heterocycles. The van der Waals surface area contributed by atoms with E-state index in [0.29, 0.717) is 11.8 Å². The van der Waals surface area contributed by atoms with Crippen LogP contribution in [0.3, 0.4) is 0 Å². The molecule has 0 saturated heterocycles. The first-order valence-electron chi connectivity index (χ1n) is 24.1. The number of allylic oxidation sites excluding steroid dienone is 2. The van der Waals surface area contributed by atoms with Crippen molar-refractivity contribution < 1.29 is 4.74 Å². The van der Waals surface area contributed by atoms with Gasteiger partial charge < -0.3 is 9.64 Å². The van der Waals surface area contributed by atoms with Gasteiger partial charge in [-0.25, -0.2) is 0 Å². The molecule has 0 spiro atoms. The molecule has 4 atom stereocenters. The molecule has 0 amide bonds. The quantitative estimate of drug-likeness (QED) is 0.164. The largest absolute Gasteiger partial charge is 0.460 e. The number of nitrogens with zero attached hydrogens (tertiary/aromatic N) is 1. The average Bonchev–Trinajstić information content (AvgIpc) is 3.78. The van der Waals surface area contributed by atoms with Crippen molar-refractivity contribution in [1.82, 2.24) is 0 Å². The van der Waals surface area contributed by atoms with Crippen molar-refractivity contribution >= 4 is 39.5 Å². The number of fused-ring (bicyclic) bond motifs is 12. The minimum atomic E-state index is -0.556. The normalized spacial score (nSPS) is 28.3. The van der Waals surface area contributed by atoms with E-state index in [0.717, 1.165) is 11.5 Å². The predicted octanol–water partition coefficient (Wildman–Crippen LogP) is 16.3. The summed E-state index contributed by atoms with van der Waals surface area (Å²) in [5, 5.41) is 2.64. The van der Waals surface area contributed by atoms with Crippen LogP contribution in [0.4, 0.5) is 11.4 Å². The molecule has 6 aromatic carbocycles. The third-order valence-corrected chi connectivity index (χ3v) is 18.4. The molecule has 7 aliphatic rings. The fourth-order valence-electron chi connectivity index (χ4n) is 14.3. The highest BCUT2D eigenvalue weighted by atomic mass is 32.2. The molecule has 0 bridgehead atoms. The highest BCUT2D eigenvalue weighted by Gasteiger charge is 2.67. The second kappa shape index (κ2) is 13.6. The summed E-state index contributed by atoms with van der Waals surface area (Å²) in [7, 11) is 0. The zero-order chi connectivity index (χ0) is 42.3. The second-order valence-electron chi connectivity index (χ2n) is 20.6. The average molecular weight is 840 g/mol. The van der Waals surface area contributed by atoms with Gasteiger partial charge in [-0.2, -0.15) is 0 Å². The molecule has 2 fully saturated rings. The van der Waals surface area contributed by atoms with E-state index in [1.807, 2.05) is 0 Å². The summed E-state index contributed by atoms with van der Waals surface area (Å²) in [6, 6.07) is 49.0. The maximum absolute atomic E-state index is 7.64. The van der Waals surface area contributed by atoms with Crippen molar-refractivity contribution in [2.24, 2.45) is 0 Å². The summed E-state index contributed by atoms with van der Waals surface area (Å²) >= 11 is 2.08. The van der Waals surface area contributed by atoms with Crippen molar-refractivity contribution in [1.29, 1.82) is 0 Å². The SMILES string of the molecule is CC12Sc3ccccc3C1=CC1(C)C3=C2C2(C)C(=CC3(C)N(c3ccc(-c4ccccc4)cc3C3CCCCC3)c3ccc4ccccc4c31)Oc1c(C3CCCCC3)cccc12. The number of ether oxygens (including phenoxy) is 1. The summed E-state index contributed by atoms with van der Waals surface area (Å²) in [6.45, 7) is 10.2. The Morgan fingerprint density at radius 2 is 1.29 bits per heavy atom. The maximum Gasteiger partial charge on any atom is 0.134 e.